The van der Waals surface area contributed by atoms with Gasteiger partial charge in [-0.05, 0) is 56.2 Å². The molecule has 1 aromatic carbocycles. The summed E-state index contributed by atoms with van der Waals surface area (Å²) in [5.41, 5.74) is 3.76. The maximum atomic E-state index is 9.87. The molecule has 1 heteroatoms. The zero-order chi connectivity index (χ0) is 10.9. The zero-order valence-electron chi connectivity index (χ0n) is 9.71. The summed E-state index contributed by atoms with van der Waals surface area (Å²) in [6.07, 6.45) is 5.81. The minimum absolute atomic E-state index is 0.591. The van der Waals surface area contributed by atoms with E-state index in [4.69, 9.17) is 0 Å². The van der Waals surface area contributed by atoms with Crippen molar-refractivity contribution >= 4 is 0 Å². The Kier molecular flexibility index (Phi) is 2.83. The number of hydrogen-bond donors (Lipinski definition) is 1. The van der Waals surface area contributed by atoms with E-state index in [1.165, 1.54) is 42.4 Å². The Hall–Kier alpha value is -0.820. The van der Waals surface area contributed by atoms with E-state index in [1.54, 1.807) is 0 Å². The smallest absolute Gasteiger partial charge is 0.0632 e. The summed E-state index contributed by atoms with van der Waals surface area (Å²) in [6.45, 7) is 3.77. The third kappa shape index (κ3) is 2.60. The molecule has 0 heterocycles. The molecule has 0 amide bonds. The average molecular weight is 204 g/mol. The van der Waals surface area contributed by atoms with Crippen LogP contribution in [0.15, 0.2) is 18.2 Å². The van der Waals surface area contributed by atoms with Crippen molar-refractivity contribution in [1.82, 2.24) is 0 Å². The van der Waals surface area contributed by atoms with Crippen molar-refractivity contribution in [3.05, 3.63) is 34.9 Å². The summed E-state index contributed by atoms with van der Waals surface area (Å²) in [6, 6.07) is 6.54. The highest BCUT2D eigenvalue weighted by atomic mass is 16.3. The zero-order valence-corrected chi connectivity index (χ0v) is 9.71. The van der Waals surface area contributed by atoms with Crippen LogP contribution in [0.25, 0.3) is 0 Å². The van der Waals surface area contributed by atoms with Crippen LogP contribution in [0.2, 0.25) is 0 Å². The lowest BCUT2D eigenvalue weighted by molar-refractivity contribution is 0.0807. The molecule has 1 aliphatic rings. The highest BCUT2D eigenvalue weighted by Gasteiger charge is 2.18. The first-order valence-electron chi connectivity index (χ1n) is 5.88. The molecule has 0 aliphatic heterocycles. The van der Waals surface area contributed by atoms with Gasteiger partial charge in [-0.3, -0.25) is 0 Å². The van der Waals surface area contributed by atoms with Gasteiger partial charge in [0.1, 0.15) is 0 Å². The van der Waals surface area contributed by atoms with Crippen molar-refractivity contribution in [2.75, 3.05) is 0 Å². The third-order valence-corrected chi connectivity index (χ3v) is 3.12. The Morgan fingerprint density at radius 3 is 2.67 bits per heavy atom. The molecule has 0 saturated carbocycles. The van der Waals surface area contributed by atoms with E-state index in [2.05, 4.69) is 18.2 Å². The standard InChI is InChI=1S/C14H20O/c1-14(2,15)10-12-8-5-7-11-6-3-4-9-13(11)12/h5,7-8,15H,3-4,6,9-10H2,1-2H3. The number of hydrogen-bond acceptors (Lipinski definition) is 1. The topological polar surface area (TPSA) is 20.2 Å². The predicted octanol–water partition coefficient (Wildman–Crippen LogP) is 2.88. The Labute approximate surface area is 92.1 Å². The van der Waals surface area contributed by atoms with Crippen molar-refractivity contribution < 1.29 is 5.11 Å². The van der Waals surface area contributed by atoms with E-state index in [0.717, 1.165) is 6.42 Å². The number of fused-ring (bicyclic) bond motifs is 1. The quantitative estimate of drug-likeness (QED) is 0.785. The second kappa shape index (κ2) is 3.97. The summed E-state index contributed by atoms with van der Waals surface area (Å²) in [5, 5.41) is 9.87. The van der Waals surface area contributed by atoms with Crippen LogP contribution in [0, 0.1) is 0 Å². The van der Waals surface area contributed by atoms with Crippen LogP contribution in [0.3, 0.4) is 0 Å². The molecule has 0 bridgehead atoms. The fourth-order valence-electron chi connectivity index (χ4n) is 2.49. The minimum Gasteiger partial charge on any atom is -0.390 e. The van der Waals surface area contributed by atoms with Gasteiger partial charge in [-0.2, -0.15) is 0 Å². The highest BCUT2D eigenvalue weighted by Crippen LogP contribution is 2.26. The van der Waals surface area contributed by atoms with Gasteiger partial charge in [-0.1, -0.05) is 18.2 Å². The lowest BCUT2D eigenvalue weighted by Crippen LogP contribution is -2.23. The molecule has 0 aromatic heterocycles. The van der Waals surface area contributed by atoms with Gasteiger partial charge in [0.05, 0.1) is 5.60 Å². The summed E-state index contributed by atoms with van der Waals surface area (Å²) in [5.74, 6) is 0. The molecule has 15 heavy (non-hydrogen) atoms. The maximum Gasteiger partial charge on any atom is 0.0632 e. The van der Waals surface area contributed by atoms with Crippen LogP contribution < -0.4 is 0 Å². The summed E-state index contributed by atoms with van der Waals surface area (Å²) in [7, 11) is 0. The number of aryl methyl sites for hydroxylation is 1. The molecule has 1 aromatic rings. The van der Waals surface area contributed by atoms with Gasteiger partial charge >= 0.3 is 0 Å². The van der Waals surface area contributed by atoms with Crippen molar-refractivity contribution in [2.24, 2.45) is 0 Å². The van der Waals surface area contributed by atoms with Crippen LogP contribution in [0.5, 0.6) is 0 Å². The van der Waals surface area contributed by atoms with Gasteiger partial charge in [-0.15, -0.1) is 0 Å². The van der Waals surface area contributed by atoms with Crippen LogP contribution in [-0.2, 0) is 19.3 Å². The van der Waals surface area contributed by atoms with Crippen LogP contribution in [0.4, 0.5) is 0 Å². The van der Waals surface area contributed by atoms with Crippen molar-refractivity contribution in [2.45, 2.75) is 51.6 Å². The fourth-order valence-corrected chi connectivity index (χ4v) is 2.49. The molecule has 82 valence electrons. The van der Waals surface area contributed by atoms with E-state index in [-0.39, 0.29) is 0 Å². The fraction of sp³-hybridized carbons (Fsp3) is 0.571. The Morgan fingerprint density at radius 2 is 1.93 bits per heavy atom. The van der Waals surface area contributed by atoms with E-state index in [0.29, 0.717) is 0 Å². The molecular weight excluding hydrogens is 184 g/mol. The molecule has 1 N–H and O–H groups in total. The van der Waals surface area contributed by atoms with Gasteiger partial charge in [0, 0.05) is 6.42 Å². The molecule has 0 spiro atoms. The Balaban J connectivity index is 2.31. The Morgan fingerprint density at radius 1 is 1.20 bits per heavy atom. The lowest BCUT2D eigenvalue weighted by Gasteiger charge is -2.23. The van der Waals surface area contributed by atoms with Crippen molar-refractivity contribution in [1.29, 1.82) is 0 Å². The molecule has 1 aliphatic carbocycles. The molecule has 0 atom stereocenters. The summed E-state index contributed by atoms with van der Waals surface area (Å²) in [4.78, 5) is 0. The normalized spacial score (nSPS) is 16.2. The van der Waals surface area contributed by atoms with Crippen LogP contribution in [0.1, 0.15) is 43.4 Å². The molecule has 2 rings (SSSR count). The second-order valence-corrected chi connectivity index (χ2v) is 5.25. The predicted molar refractivity (Wildman–Crippen MR) is 63.1 cm³/mol. The third-order valence-electron chi connectivity index (χ3n) is 3.12. The van der Waals surface area contributed by atoms with Crippen molar-refractivity contribution in [3.63, 3.8) is 0 Å². The first kappa shape index (κ1) is 10.7. The SMILES string of the molecule is CC(C)(O)Cc1cccc2c1CCCC2. The highest BCUT2D eigenvalue weighted by molar-refractivity contribution is 5.37. The molecule has 0 radical (unpaired) electrons. The van der Waals surface area contributed by atoms with Crippen molar-refractivity contribution in [3.8, 4) is 0 Å². The average Bonchev–Trinajstić information content (AvgIpc) is 2.16. The first-order chi connectivity index (χ1) is 7.06. The molecule has 0 unspecified atom stereocenters. The van der Waals surface area contributed by atoms with Crippen LogP contribution >= 0.6 is 0 Å². The molecule has 0 fully saturated rings. The Bertz CT molecular complexity index is 347. The van der Waals surface area contributed by atoms with E-state index in [1.807, 2.05) is 13.8 Å². The largest absolute Gasteiger partial charge is 0.390 e. The second-order valence-electron chi connectivity index (χ2n) is 5.25. The van der Waals surface area contributed by atoms with Gasteiger partial charge in [-0.25, -0.2) is 0 Å². The van der Waals surface area contributed by atoms with Crippen LogP contribution in [-0.4, -0.2) is 10.7 Å². The number of aliphatic hydroxyl groups is 1. The monoisotopic (exact) mass is 204 g/mol. The lowest BCUT2D eigenvalue weighted by atomic mass is 9.85. The maximum absolute atomic E-state index is 9.87. The van der Waals surface area contributed by atoms with Gasteiger partial charge in [0.15, 0.2) is 0 Å². The van der Waals surface area contributed by atoms with E-state index >= 15 is 0 Å². The first-order valence-corrected chi connectivity index (χ1v) is 5.88. The molecule has 1 nitrogen and oxygen atoms in total. The summed E-state index contributed by atoms with van der Waals surface area (Å²) >= 11 is 0. The number of rotatable bonds is 2. The minimum atomic E-state index is -0.591. The van der Waals surface area contributed by atoms with Gasteiger partial charge in [0.25, 0.3) is 0 Å². The molecule has 0 saturated heterocycles. The van der Waals surface area contributed by atoms with Gasteiger partial charge in [0.2, 0.25) is 0 Å². The van der Waals surface area contributed by atoms with E-state index < -0.39 is 5.60 Å². The number of benzene rings is 1. The van der Waals surface area contributed by atoms with E-state index in [9.17, 15) is 5.11 Å². The summed E-state index contributed by atoms with van der Waals surface area (Å²) < 4.78 is 0. The van der Waals surface area contributed by atoms with Gasteiger partial charge < -0.3 is 5.11 Å². The molecular formula is C14H20O.